The number of benzene rings is 2. The number of amides is 2. The number of alkyl halides is 3. The number of carbonyl (C=O) groups excluding carboxylic acids is 2. The van der Waals surface area contributed by atoms with Crippen LogP contribution in [0.5, 0.6) is 11.5 Å². The second-order valence-electron chi connectivity index (χ2n) is 6.20. The number of carbonyl (C=O) groups is 2. The molecule has 0 heterocycles. The summed E-state index contributed by atoms with van der Waals surface area (Å²) in [6, 6.07) is 8.49. The van der Waals surface area contributed by atoms with E-state index in [0.29, 0.717) is 23.1 Å². The van der Waals surface area contributed by atoms with Gasteiger partial charge in [0.15, 0.2) is 6.61 Å². The van der Waals surface area contributed by atoms with E-state index in [1.54, 1.807) is 25.1 Å². The van der Waals surface area contributed by atoms with E-state index in [0.717, 1.165) is 12.1 Å². The monoisotopic (exact) mass is 426 g/mol. The zero-order valence-corrected chi connectivity index (χ0v) is 16.5. The van der Waals surface area contributed by atoms with Crippen LogP contribution < -0.4 is 20.3 Å². The van der Waals surface area contributed by atoms with E-state index in [1.165, 1.54) is 20.3 Å². The molecular formula is C20H21F3N2O5. The van der Waals surface area contributed by atoms with Crippen LogP contribution in [0.2, 0.25) is 0 Å². The minimum atomic E-state index is -4.58. The summed E-state index contributed by atoms with van der Waals surface area (Å²) in [6.07, 6.45) is -4.58. The molecule has 162 valence electrons. The molecule has 10 heteroatoms. The van der Waals surface area contributed by atoms with E-state index in [2.05, 4.69) is 5.32 Å². The Kier molecular flexibility index (Phi) is 7.65. The standard InChI is InChI=1S/C20H21F3N2O5/c1-12(16-10-15(28-2)7-8-17(16)29-3)24-18(26)11-30-25-19(27)13-5-4-6-14(9-13)20(21,22)23/h4-10,12H,11H2,1-3H3,(H,24,26)(H,25,27)/t12-/m0/s1. The summed E-state index contributed by atoms with van der Waals surface area (Å²) in [7, 11) is 3.00. The first kappa shape index (κ1) is 23.0. The first-order valence-electron chi connectivity index (χ1n) is 8.76. The molecule has 0 radical (unpaired) electrons. The molecule has 0 aliphatic carbocycles. The van der Waals surface area contributed by atoms with Gasteiger partial charge < -0.3 is 14.8 Å². The molecule has 2 rings (SSSR count). The van der Waals surface area contributed by atoms with E-state index in [1.807, 2.05) is 5.48 Å². The highest BCUT2D eigenvalue weighted by Gasteiger charge is 2.30. The number of ether oxygens (including phenoxy) is 2. The Balaban J connectivity index is 1.90. The average Bonchev–Trinajstić information content (AvgIpc) is 2.72. The first-order valence-corrected chi connectivity index (χ1v) is 8.76. The fraction of sp³-hybridized carbons (Fsp3) is 0.300. The lowest BCUT2D eigenvalue weighted by Gasteiger charge is -2.18. The number of rotatable bonds is 8. The highest BCUT2D eigenvalue weighted by atomic mass is 19.4. The van der Waals surface area contributed by atoms with Gasteiger partial charge >= 0.3 is 6.18 Å². The molecule has 1 atom stereocenters. The zero-order chi connectivity index (χ0) is 22.3. The number of methoxy groups -OCH3 is 2. The zero-order valence-electron chi connectivity index (χ0n) is 16.5. The predicted molar refractivity (Wildman–Crippen MR) is 101 cm³/mol. The summed E-state index contributed by atoms with van der Waals surface area (Å²) in [4.78, 5) is 28.8. The lowest BCUT2D eigenvalue weighted by molar-refractivity contribution is -0.137. The van der Waals surface area contributed by atoms with Crippen LogP contribution in [0.1, 0.15) is 34.5 Å². The van der Waals surface area contributed by atoms with Crippen molar-refractivity contribution in [3.63, 3.8) is 0 Å². The Morgan fingerprint density at radius 2 is 1.80 bits per heavy atom. The van der Waals surface area contributed by atoms with Crippen LogP contribution >= 0.6 is 0 Å². The number of hydroxylamine groups is 1. The number of nitrogens with one attached hydrogen (secondary N) is 2. The summed E-state index contributed by atoms with van der Waals surface area (Å²) in [6.45, 7) is 1.18. The minimum absolute atomic E-state index is 0.250. The van der Waals surface area contributed by atoms with Crippen molar-refractivity contribution in [3.8, 4) is 11.5 Å². The predicted octanol–water partition coefficient (Wildman–Crippen LogP) is 3.26. The molecule has 2 aromatic rings. The van der Waals surface area contributed by atoms with Crippen LogP contribution in [0.15, 0.2) is 42.5 Å². The molecule has 0 saturated carbocycles. The van der Waals surface area contributed by atoms with E-state index >= 15 is 0 Å². The molecule has 0 aromatic heterocycles. The minimum Gasteiger partial charge on any atom is -0.497 e. The highest BCUT2D eigenvalue weighted by Crippen LogP contribution is 2.30. The van der Waals surface area contributed by atoms with Gasteiger partial charge in [0, 0.05) is 11.1 Å². The number of halogens is 3. The van der Waals surface area contributed by atoms with Crippen molar-refractivity contribution in [2.45, 2.75) is 19.1 Å². The number of hydrogen-bond acceptors (Lipinski definition) is 5. The van der Waals surface area contributed by atoms with Crippen molar-refractivity contribution >= 4 is 11.8 Å². The number of hydrogen-bond donors (Lipinski definition) is 2. The van der Waals surface area contributed by atoms with E-state index in [-0.39, 0.29) is 5.56 Å². The normalized spacial score (nSPS) is 12.1. The van der Waals surface area contributed by atoms with Gasteiger partial charge in [-0.3, -0.25) is 14.4 Å². The third-order valence-electron chi connectivity index (χ3n) is 4.10. The maximum Gasteiger partial charge on any atom is 0.416 e. The van der Waals surface area contributed by atoms with Crippen LogP contribution in [0.3, 0.4) is 0 Å². The molecule has 0 aliphatic heterocycles. The Hall–Kier alpha value is -3.27. The van der Waals surface area contributed by atoms with Gasteiger partial charge in [-0.15, -0.1) is 0 Å². The summed E-state index contributed by atoms with van der Waals surface area (Å²) in [5.41, 5.74) is 1.40. The van der Waals surface area contributed by atoms with Crippen molar-refractivity contribution in [1.29, 1.82) is 0 Å². The summed E-state index contributed by atoms with van der Waals surface area (Å²) < 4.78 is 48.6. The molecule has 0 spiro atoms. The van der Waals surface area contributed by atoms with Gasteiger partial charge in [0.1, 0.15) is 11.5 Å². The second kappa shape index (κ2) is 9.97. The summed E-state index contributed by atoms with van der Waals surface area (Å²) in [5.74, 6) is -0.341. The van der Waals surface area contributed by atoms with Gasteiger partial charge in [0.05, 0.1) is 25.8 Å². The van der Waals surface area contributed by atoms with Crippen LogP contribution in [-0.2, 0) is 15.8 Å². The third kappa shape index (κ3) is 6.11. The molecule has 7 nitrogen and oxygen atoms in total. The van der Waals surface area contributed by atoms with Crippen LogP contribution in [0.4, 0.5) is 13.2 Å². The Bertz CT molecular complexity index is 902. The molecule has 0 aliphatic rings. The van der Waals surface area contributed by atoms with Crippen molar-refractivity contribution in [2.75, 3.05) is 20.8 Å². The maximum atomic E-state index is 12.7. The van der Waals surface area contributed by atoms with Gasteiger partial charge in [-0.05, 0) is 43.3 Å². The molecule has 0 unspecified atom stereocenters. The van der Waals surface area contributed by atoms with Gasteiger partial charge in [0.25, 0.3) is 5.91 Å². The van der Waals surface area contributed by atoms with E-state index in [4.69, 9.17) is 14.3 Å². The summed E-state index contributed by atoms with van der Waals surface area (Å²) >= 11 is 0. The Labute approximate surface area is 171 Å². The van der Waals surface area contributed by atoms with Gasteiger partial charge in [0.2, 0.25) is 5.91 Å². The molecule has 2 aromatic carbocycles. The molecule has 0 saturated heterocycles. The highest BCUT2D eigenvalue weighted by molar-refractivity contribution is 5.93. The van der Waals surface area contributed by atoms with Crippen LogP contribution in [0.25, 0.3) is 0 Å². The average molecular weight is 426 g/mol. The molecule has 30 heavy (non-hydrogen) atoms. The molecule has 0 fully saturated rings. The fourth-order valence-electron chi connectivity index (χ4n) is 2.60. The molecule has 2 N–H and O–H groups in total. The van der Waals surface area contributed by atoms with Crippen molar-refractivity contribution in [3.05, 3.63) is 59.2 Å². The first-order chi connectivity index (χ1) is 14.2. The van der Waals surface area contributed by atoms with Crippen molar-refractivity contribution in [2.24, 2.45) is 0 Å². The van der Waals surface area contributed by atoms with Crippen molar-refractivity contribution < 1.29 is 37.1 Å². The molecular weight excluding hydrogens is 405 g/mol. The molecule has 0 bridgehead atoms. The second-order valence-corrected chi connectivity index (χ2v) is 6.20. The SMILES string of the molecule is COc1ccc(OC)c([C@H](C)NC(=O)CONC(=O)c2cccc(C(F)(F)F)c2)c1. The topological polar surface area (TPSA) is 85.9 Å². The lowest BCUT2D eigenvalue weighted by atomic mass is 10.1. The van der Waals surface area contributed by atoms with Gasteiger partial charge in [-0.2, -0.15) is 13.2 Å². The van der Waals surface area contributed by atoms with Crippen LogP contribution in [0, 0.1) is 0 Å². The Morgan fingerprint density at radius 1 is 1.07 bits per heavy atom. The van der Waals surface area contributed by atoms with E-state index in [9.17, 15) is 22.8 Å². The van der Waals surface area contributed by atoms with Gasteiger partial charge in [-0.1, -0.05) is 6.07 Å². The maximum absolute atomic E-state index is 12.7. The third-order valence-corrected chi connectivity index (χ3v) is 4.10. The van der Waals surface area contributed by atoms with Gasteiger partial charge in [-0.25, -0.2) is 5.48 Å². The molecule has 2 amide bonds. The summed E-state index contributed by atoms with van der Waals surface area (Å²) in [5, 5.41) is 2.67. The largest absolute Gasteiger partial charge is 0.497 e. The van der Waals surface area contributed by atoms with E-state index < -0.39 is 36.2 Å². The quantitative estimate of drug-likeness (QED) is 0.633. The van der Waals surface area contributed by atoms with Crippen molar-refractivity contribution in [1.82, 2.24) is 10.8 Å². The fourth-order valence-corrected chi connectivity index (χ4v) is 2.60. The lowest BCUT2D eigenvalue weighted by Crippen LogP contribution is -2.34. The Morgan fingerprint density at radius 3 is 2.43 bits per heavy atom. The smallest absolute Gasteiger partial charge is 0.416 e. The van der Waals surface area contributed by atoms with Crippen LogP contribution in [-0.4, -0.2) is 32.6 Å².